The van der Waals surface area contributed by atoms with Crippen molar-refractivity contribution < 1.29 is 80.2 Å². The summed E-state index contributed by atoms with van der Waals surface area (Å²) in [6, 6.07) is 0. The summed E-state index contributed by atoms with van der Waals surface area (Å²) >= 11 is 0. The number of hydrogen-bond acceptors (Lipinski definition) is 15. The van der Waals surface area contributed by atoms with Crippen LogP contribution < -0.4 is 0 Å². The van der Waals surface area contributed by atoms with Gasteiger partial charge in [0.05, 0.1) is 26.4 Å². The highest BCUT2D eigenvalue weighted by Gasteiger charge is 2.30. The van der Waals surface area contributed by atoms with E-state index in [9.17, 15) is 43.2 Å². The topological polar surface area (TPSA) is 237 Å². The Kier molecular flexibility index (Phi) is 68.4. The Bertz CT molecular complexity index is 1870. The number of ether oxygens (including phenoxy) is 4. The summed E-state index contributed by atoms with van der Waals surface area (Å²) in [6.45, 7) is 9.64. The van der Waals surface area contributed by atoms with Crippen LogP contribution >= 0.6 is 15.6 Å². The van der Waals surface area contributed by atoms with Crippen LogP contribution in [0.5, 0.6) is 0 Å². The maximum atomic E-state index is 13.1. The van der Waals surface area contributed by atoms with Crippen molar-refractivity contribution in [1.82, 2.24) is 0 Å². The maximum Gasteiger partial charge on any atom is 0.472 e. The predicted octanol–water partition coefficient (Wildman–Crippen LogP) is 23.1. The molecule has 17 nitrogen and oxygen atoms in total. The second-order valence-corrected chi connectivity index (χ2v) is 32.0. The molecule has 0 heterocycles. The summed E-state index contributed by atoms with van der Waals surface area (Å²) in [7, 11) is -9.91. The molecule has 0 amide bonds. The number of carbonyl (C=O) groups is 4. The zero-order valence-electron chi connectivity index (χ0n) is 63.4. The number of aliphatic hydroxyl groups is 1. The first-order chi connectivity index (χ1) is 46.9. The molecule has 0 radical (unpaired) electrons. The summed E-state index contributed by atoms with van der Waals surface area (Å²) in [5.74, 6) is -0.499. The summed E-state index contributed by atoms with van der Waals surface area (Å²) in [4.78, 5) is 72.8. The second kappa shape index (κ2) is 69.8. The Balaban J connectivity index is 5.20. The van der Waals surface area contributed by atoms with Crippen molar-refractivity contribution in [1.29, 1.82) is 0 Å². The first-order valence-corrected chi connectivity index (χ1v) is 43.5. The number of aliphatic hydroxyl groups excluding tert-OH is 1. The lowest BCUT2D eigenvalue weighted by Crippen LogP contribution is -2.30. The SMILES string of the molecule is CCCCCCCCCCCCCCC(=O)O[C@H](COC(=O)CCCCCCCCCC)COP(=O)(O)OC[C@H](O)COP(=O)(O)OC[C@@H](COC(=O)CCCCCCCCCCCCCCCCCC(C)C)OC(=O)CCCCCCCCCCCCCCCCCCC(C)C. The minimum atomic E-state index is -4.96. The number of phosphoric acid groups is 2. The predicted molar refractivity (Wildman–Crippen MR) is 395 cm³/mol. The minimum absolute atomic E-state index is 0.107. The molecular weight excluding hydrogens is 1270 g/mol. The van der Waals surface area contributed by atoms with Crippen LogP contribution in [0.4, 0.5) is 0 Å². The largest absolute Gasteiger partial charge is 0.472 e. The van der Waals surface area contributed by atoms with E-state index in [-0.39, 0.29) is 25.7 Å². The van der Waals surface area contributed by atoms with Crippen LogP contribution in [0.1, 0.15) is 408 Å². The van der Waals surface area contributed by atoms with E-state index in [4.69, 9.17) is 37.0 Å². The van der Waals surface area contributed by atoms with Crippen molar-refractivity contribution in [3.63, 3.8) is 0 Å². The van der Waals surface area contributed by atoms with Gasteiger partial charge in [-0.3, -0.25) is 37.3 Å². The Hall–Kier alpha value is -1.94. The number of phosphoric ester groups is 2. The number of rotatable bonds is 77. The molecule has 2 unspecified atom stereocenters. The van der Waals surface area contributed by atoms with Crippen LogP contribution in [0.25, 0.3) is 0 Å². The number of hydrogen-bond donors (Lipinski definition) is 3. The van der Waals surface area contributed by atoms with Gasteiger partial charge in [-0.05, 0) is 37.5 Å². The third kappa shape index (κ3) is 72.2. The van der Waals surface area contributed by atoms with Gasteiger partial charge in [0.25, 0.3) is 0 Å². The molecule has 19 heteroatoms. The van der Waals surface area contributed by atoms with Crippen molar-refractivity contribution in [2.45, 2.75) is 426 Å². The van der Waals surface area contributed by atoms with Gasteiger partial charge in [-0.15, -0.1) is 0 Å². The van der Waals surface area contributed by atoms with E-state index in [0.717, 1.165) is 108 Å². The average Bonchev–Trinajstić information content (AvgIpc) is 1.23. The highest BCUT2D eigenvalue weighted by atomic mass is 31.2. The van der Waals surface area contributed by atoms with Gasteiger partial charge in [0.15, 0.2) is 12.2 Å². The molecule has 0 bridgehead atoms. The lowest BCUT2D eigenvalue weighted by molar-refractivity contribution is -0.161. The molecule has 0 aliphatic rings. The Morgan fingerprint density at radius 3 is 0.701 bits per heavy atom. The summed E-state index contributed by atoms with van der Waals surface area (Å²) in [5, 5.41) is 10.6. The fraction of sp³-hybridized carbons (Fsp3) is 0.949. The molecule has 0 rings (SSSR count). The monoisotopic (exact) mass is 1420 g/mol. The van der Waals surface area contributed by atoms with Gasteiger partial charge >= 0.3 is 39.5 Å². The van der Waals surface area contributed by atoms with Crippen molar-refractivity contribution in [2.75, 3.05) is 39.6 Å². The van der Waals surface area contributed by atoms with E-state index in [2.05, 4.69) is 41.5 Å². The number of unbranched alkanes of at least 4 members (excludes halogenated alkanes) is 47. The number of esters is 4. The quantitative estimate of drug-likeness (QED) is 0.0222. The van der Waals surface area contributed by atoms with Crippen molar-refractivity contribution in [3.05, 3.63) is 0 Å². The van der Waals surface area contributed by atoms with Crippen LogP contribution in [0.3, 0.4) is 0 Å². The molecule has 5 atom stereocenters. The fourth-order valence-corrected chi connectivity index (χ4v) is 13.6. The third-order valence-electron chi connectivity index (χ3n) is 18.2. The zero-order chi connectivity index (χ0) is 71.4. The van der Waals surface area contributed by atoms with Crippen LogP contribution in [-0.4, -0.2) is 96.7 Å². The lowest BCUT2D eigenvalue weighted by atomic mass is 10.0. The molecule has 0 aromatic carbocycles. The molecule has 0 aromatic heterocycles. The van der Waals surface area contributed by atoms with Gasteiger partial charge in [0.2, 0.25) is 0 Å². The zero-order valence-corrected chi connectivity index (χ0v) is 65.2. The van der Waals surface area contributed by atoms with E-state index >= 15 is 0 Å². The molecule has 0 aliphatic heterocycles. The van der Waals surface area contributed by atoms with Crippen molar-refractivity contribution in [3.8, 4) is 0 Å². The van der Waals surface area contributed by atoms with E-state index in [1.807, 2.05) is 0 Å². The van der Waals surface area contributed by atoms with Crippen LogP contribution in [-0.2, 0) is 65.4 Å². The molecule has 3 N–H and O–H groups in total. The molecule has 0 saturated carbocycles. The van der Waals surface area contributed by atoms with E-state index in [1.54, 1.807) is 0 Å². The molecule has 0 spiro atoms. The first-order valence-electron chi connectivity index (χ1n) is 40.5. The van der Waals surface area contributed by atoms with Crippen LogP contribution in [0.15, 0.2) is 0 Å². The Morgan fingerprint density at radius 2 is 0.474 bits per heavy atom. The Morgan fingerprint density at radius 1 is 0.278 bits per heavy atom. The van der Waals surface area contributed by atoms with Crippen LogP contribution in [0, 0.1) is 11.8 Å². The van der Waals surface area contributed by atoms with Gasteiger partial charge < -0.3 is 33.8 Å². The van der Waals surface area contributed by atoms with E-state index in [0.29, 0.717) is 25.7 Å². The van der Waals surface area contributed by atoms with Crippen molar-refractivity contribution in [2.24, 2.45) is 11.8 Å². The molecular formula is C78H152O17P2. The molecule has 0 saturated heterocycles. The smallest absolute Gasteiger partial charge is 0.462 e. The van der Waals surface area contributed by atoms with Gasteiger partial charge in [-0.1, -0.05) is 356 Å². The molecule has 97 heavy (non-hydrogen) atoms. The third-order valence-corrected chi connectivity index (χ3v) is 20.1. The molecule has 0 fully saturated rings. The fourth-order valence-electron chi connectivity index (χ4n) is 12.0. The standard InChI is InChI=1S/C78H152O17P2/c1-7-9-11-13-15-17-18-32-38-44-50-56-62-77(82)94-73(66-88-75(80)60-54-48-42-16-14-12-10-8-2)68-92-96(84,85)90-64-72(79)65-91-97(86,87)93-69-74(67-89-76(81)61-55-49-43-37-33-28-25-21-23-27-31-36-41-47-53-59-71(5)6)95-78(83)63-57-51-45-39-34-29-24-20-19-22-26-30-35-40-46-52-58-70(3)4/h70-74,79H,7-69H2,1-6H3,(H,84,85)(H,86,87)/t72-,73+,74+/m0/s1. The average molecular weight is 1420 g/mol. The highest BCUT2D eigenvalue weighted by Crippen LogP contribution is 2.45. The summed E-state index contributed by atoms with van der Waals surface area (Å²) < 4.78 is 68.5. The van der Waals surface area contributed by atoms with Crippen LogP contribution in [0.2, 0.25) is 0 Å². The second-order valence-electron chi connectivity index (χ2n) is 29.1. The Labute approximate surface area is 594 Å². The van der Waals surface area contributed by atoms with E-state index < -0.39 is 97.5 Å². The van der Waals surface area contributed by atoms with Gasteiger partial charge in [0, 0.05) is 25.7 Å². The lowest BCUT2D eigenvalue weighted by Gasteiger charge is -2.21. The molecule has 576 valence electrons. The van der Waals surface area contributed by atoms with Gasteiger partial charge in [-0.2, -0.15) is 0 Å². The van der Waals surface area contributed by atoms with Gasteiger partial charge in [0.1, 0.15) is 19.3 Å². The van der Waals surface area contributed by atoms with E-state index in [1.165, 1.54) is 218 Å². The molecule has 0 aromatic rings. The first kappa shape index (κ1) is 95.1. The van der Waals surface area contributed by atoms with Gasteiger partial charge in [-0.25, -0.2) is 9.13 Å². The van der Waals surface area contributed by atoms with Crippen molar-refractivity contribution >= 4 is 39.5 Å². The number of carbonyl (C=O) groups excluding carboxylic acids is 4. The molecule has 0 aliphatic carbocycles. The minimum Gasteiger partial charge on any atom is -0.462 e. The summed E-state index contributed by atoms with van der Waals surface area (Å²) in [5.41, 5.74) is 0. The maximum absolute atomic E-state index is 13.1. The summed E-state index contributed by atoms with van der Waals surface area (Å²) in [6.07, 6.45) is 58.3. The highest BCUT2D eigenvalue weighted by molar-refractivity contribution is 7.47. The normalized spacial score (nSPS) is 14.0.